The van der Waals surface area contributed by atoms with Crippen molar-refractivity contribution in [2.75, 3.05) is 26.9 Å². The molecule has 570 valence electrons. The number of carbonyl (C=O) groups is 2. The Morgan fingerprint density at radius 3 is 1.05 bits per heavy atom. The fourth-order valence-corrected chi connectivity index (χ4v) is 13.3. The van der Waals surface area contributed by atoms with E-state index in [2.05, 4.69) is 30.1 Å². The number of ether oxygens (including phenoxy) is 16. The van der Waals surface area contributed by atoms with Crippen molar-refractivity contribution in [3.63, 3.8) is 0 Å². The highest BCUT2D eigenvalue weighted by Crippen LogP contribution is 2.41. The number of aliphatic carboxylic acids is 2. The molecule has 7 N–H and O–H groups in total. The standard InChI is InChI=1S/C73H83N9O25/c1-92-69-51(78-81-75)59(95-37-43-24-12-4-13-25-43)57(49(34-85)99-69)103-72-54(87)60(96-38-44-26-14-5-15-27-44)62(64(106-72)67(88)89)104-70-50(77-80-74)53(86)55(47(32-83)100-70)102-73-66(98-40-46-30-18-7-19-31-46)61(97-39-45-28-16-6-17-29-45)63(65(107-73)68(90)91)105-71-52(79-82-76)58(94-36-42-22-10-3-11-23-42)56(48(33-84)101-71)93-35-41-20-8-2-9-21-41/h2-31,47-66,69-73,83-87H,32-40H2,1H3,(H,88,89)(H,90,91)/t47?,48?,49?,50-,51-,52?,53?,54?,55+,56+,57+,58+,59?,60-,61-,62+,63-,64?,65?,66?,69-,70-,71+,72+,73+/m0/s1. The number of carboxylic acid groups (broad SMARTS) is 2. The van der Waals surface area contributed by atoms with E-state index in [1.54, 1.807) is 146 Å². The summed E-state index contributed by atoms with van der Waals surface area (Å²) in [5.74, 6) is -3.44. The maximum absolute atomic E-state index is 14.1. The van der Waals surface area contributed by atoms with Crippen LogP contribution in [0.4, 0.5) is 0 Å². The summed E-state index contributed by atoms with van der Waals surface area (Å²) in [5.41, 5.74) is 34.1. The third-order valence-electron chi connectivity index (χ3n) is 18.6. The maximum atomic E-state index is 14.1. The maximum Gasteiger partial charge on any atom is 0.335 e. The minimum Gasteiger partial charge on any atom is -0.479 e. The normalized spacial score (nSPS) is 32.8. The van der Waals surface area contributed by atoms with Crippen LogP contribution in [0.1, 0.15) is 33.4 Å². The number of rotatable bonds is 35. The lowest BCUT2D eigenvalue weighted by Crippen LogP contribution is -2.69. The van der Waals surface area contributed by atoms with E-state index < -0.39 is 185 Å². The number of azide groups is 3. The highest BCUT2D eigenvalue weighted by Gasteiger charge is 2.60. The Morgan fingerprint density at radius 1 is 0.346 bits per heavy atom. The van der Waals surface area contributed by atoms with Gasteiger partial charge in [0.15, 0.2) is 43.7 Å². The van der Waals surface area contributed by atoms with Gasteiger partial charge in [0, 0.05) is 21.8 Å². The van der Waals surface area contributed by atoms with E-state index in [0.717, 1.165) is 5.56 Å². The number of nitrogens with zero attached hydrogens (tertiary/aromatic N) is 9. The van der Waals surface area contributed by atoms with Crippen molar-refractivity contribution in [3.8, 4) is 0 Å². The smallest absolute Gasteiger partial charge is 0.335 e. The minimum absolute atomic E-state index is 0.0138. The number of aliphatic hydroxyl groups is 5. The predicted octanol–water partition coefficient (Wildman–Crippen LogP) is 6.22. The first-order chi connectivity index (χ1) is 52.3. The van der Waals surface area contributed by atoms with E-state index in [1.165, 1.54) is 7.11 Å². The van der Waals surface area contributed by atoms with E-state index >= 15 is 0 Å². The lowest BCUT2D eigenvalue weighted by molar-refractivity contribution is -0.382. The second-order valence-electron chi connectivity index (χ2n) is 25.5. The topological polar surface area (TPSA) is 470 Å². The van der Waals surface area contributed by atoms with Crippen molar-refractivity contribution in [1.82, 2.24) is 0 Å². The number of hydrogen-bond acceptors (Lipinski definition) is 26. The summed E-state index contributed by atoms with van der Waals surface area (Å²) in [4.78, 5) is 36.9. The predicted molar refractivity (Wildman–Crippen MR) is 367 cm³/mol. The van der Waals surface area contributed by atoms with E-state index in [-0.39, 0.29) is 39.6 Å². The molecule has 25 atom stereocenters. The molecule has 5 fully saturated rings. The van der Waals surface area contributed by atoms with Crippen LogP contribution in [0.25, 0.3) is 31.3 Å². The SMILES string of the molecule is CO[C@H]1OC(CO)[C@@H](O[C@@H]2OC(C(=O)O)[C@H](O[C@@H]3OC(CO)[C@@H](O[C@@H]4OC(C(=O)O)[C@@H](O[C@H]5OC(CO)[C@@H](OCc6ccccc6)[C@H](OCc6ccccc6)C5N=[N+]=[N-])[C@H](OCc5ccccc5)C4OCc4ccccc4)C(O)[C@@H]3N=[N+]=[N-])[C@@H](OCc3ccccc3)C2O)C(OCc2ccccc2)[C@@H]1N=[N+]=[N-]. The molecule has 5 heterocycles. The molecule has 0 radical (unpaired) electrons. The number of carboxylic acids is 2. The van der Waals surface area contributed by atoms with Gasteiger partial charge in [0.05, 0.1) is 65.6 Å². The zero-order valence-corrected chi connectivity index (χ0v) is 57.6. The van der Waals surface area contributed by atoms with Gasteiger partial charge in [-0.15, -0.1) is 0 Å². The first-order valence-corrected chi connectivity index (χ1v) is 34.4. The monoisotopic (exact) mass is 1490 g/mol. The van der Waals surface area contributed by atoms with Crippen LogP contribution in [-0.4, -0.2) is 228 Å². The Balaban J connectivity index is 0.913. The summed E-state index contributed by atoms with van der Waals surface area (Å²) in [6.07, 6.45) is -38.5. The molecule has 34 heteroatoms. The average Bonchev–Trinajstić information content (AvgIpc) is 0.765. The second kappa shape index (κ2) is 39.5. The number of benzene rings is 6. The fourth-order valence-electron chi connectivity index (χ4n) is 13.3. The van der Waals surface area contributed by atoms with Crippen LogP contribution in [0, 0.1) is 0 Å². The van der Waals surface area contributed by atoms with Gasteiger partial charge in [-0.1, -0.05) is 197 Å². The van der Waals surface area contributed by atoms with E-state index in [1.807, 2.05) is 36.4 Å². The Labute approximate surface area is 612 Å². The van der Waals surface area contributed by atoms with Gasteiger partial charge in [-0.25, -0.2) is 9.59 Å². The highest BCUT2D eigenvalue weighted by atomic mass is 16.8. The molecule has 11 rings (SSSR count). The first-order valence-electron chi connectivity index (χ1n) is 34.4. The number of aliphatic hydroxyl groups excluding tert-OH is 5. The summed E-state index contributed by atoms with van der Waals surface area (Å²) in [5, 5.41) is 93.1. The van der Waals surface area contributed by atoms with Gasteiger partial charge in [-0.2, -0.15) is 0 Å². The minimum atomic E-state index is -2.23. The van der Waals surface area contributed by atoms with Crippen LogP contribution >= 0.6 is 0 Å². The van der Waals surface area contributed by atoms with Gasteiger partial charge >= 0.3 is 11.9 Å². The van der Waals surface area contributed by atoms with Gasteiger partial charge in [-0.3, -0.25) is 0 Å². The second-order valence-corrected chi connectivity index (χ2v) is 25.5. The van der Waals surface area contributed by atoms with Crippen molar-refractivity contribution in [1.29, 1.82) is 0 Å². The molecule has 0 amide bonds. The average molecular weight is 1490 g/mol. The largest absolute Gasteiger partial charge is 0.479 e. The van der Waals surface area contributed by atoms with Crippen LogP contribution in [0.2, 0.25) is 0 Å². The zero-order valence-electron chi connectivity index (χ0n) is 57.6. The molecule has 0 bridgehead atoms. The molecule has 5 aliphatic heterocycles. The quantitative estimate of drug-likeness (QED) is 0.0132. The molecule has 5 aliphatic rings. The molecule has 0 saturated carbocycles. The van der Waals surface area contributed by atoms with Crippen LogP contribution in [0.15, 0.2) is 197 Å². The van der Waals surface area contributed by atoms with Crippen molar-refractivity contribution in [3.05, 3.63) is 247 Å². The van der Waals surface area contributed by atoms with E-state index in [9.17, 15) is 61.9 Å². The lowest BCUT2D eigenvalue weighted by Gasteiger charge is -2.51. The molecule has 107 heavy (non-hydrogen) atoms. The molecular formula is C73H83N9O25. The van der Waals surface area contributed by atoms with Gasteiger partial charge < -0.3 is 112 Å². The molecule has 34 nitrogen and oxygen atoms in total. The molecule has 0 spiro atoms. The molecular weight excluding hydrogens is 1400 g/mol. The molecule has 10 unspecified atom stereocenters. The first kappa shape index (κ1) is 79.4. The summed E-state index contributed by atoms with van der Waals surface area (Å²) in [6, 6.07) is 47.9. The Hall–Kier alpha value is -8.65. The zero-order chi connectivity index (χ0) is 75.2. The molecule has 6 aromatic rings. The Morgan fingerprint density at radius 2 is 0.645 bits per heavy atom. The number of methoxy groups -OCH3 is 1. The summed E-state index contributed by atoms with van der Waals surface area (Å²) in [7, 11) is 1.27. The number of hydrogen-bond donors (Lipinski definition) is 7. The van der Waals surface area contributed by atoms with Gasteiger partial charge in [0.1, 0.15) is 104 Å². The summed E-state index contributed by atoms with van der Waals surface area (Å²) >= 11 is 0. The highest BCUT2D eigenvalue weighted by molar-refractivity contribution is 5.74. The third kappa shape index (κ3) is 20.0. The van der Waals surface area contributed by atoms with Gasteiger partial charge in [-0.05, 0) is 50.0 Å². The van der Waals surface area contributed by atoms with Crippen molar-refractivity contribution in [2.24, 2.45) is 15.3 Å². The molecule has 6 aromatic carbocycles. The van der Waals surface area contributed by atoms with Crippen LogP contribution in [-0.2, 0) is 125 Å². The van der Waals surface area contributed by atoms with Crippen LogP contribution in [0.3, 0.4) is 0 Å². The lowest BCUT2D eigenvalue weighted by atomic mass is 9.93. The molecule has 0 aliphatic carbocycles. The van der Waals surface area contributed by atoms with Crippen LogP contribution < -0.4 is 0 Å². The van der Waals surface area contributed by atoms with Crippen molar-refractivity contribution < 1.29 is 121 Å². The molecule has 5 saturated heterocycles. The summed E-state index contributed by atoms with van der Waals surface area (Å²) in [6.45, 7) is -3.62. The van der Waals surface area contributed by atoms with Gasteiger partial charge in [0.2, 0.25) is 0 Å². The van der Waals surface area contributed by atoms with E-state index in [4.69, 9.17) is 75.8 Å². The van der Waals surface area contributed by atoms with Gasteiger partial charge in [0.25, 0.3) is 0 Å². The fraction of sp³-hybridized carbons (Fsp3) is 0.479. The van der Waals surface area contributed by atoms with Crippen molar-refractivity contribution in [2.45, 2.75) is 193 Å². The Kier molecular flexibility index (Phi) is 29.3. The third-order valence-corrected chi connectivity index (χ3v) is 18.6. The van der Waals surface area contributed by atoms with E-state index in [0.29, 0.717) is 27.8 Å². The summed E-state index contributed by atoms with van der Waals surface area (Å²) < 4.78 is 102. The Bertz CT molecular complexity index is 3870. The van der Waals surface area contributed by atoms with Crippen molar-refractivity contribution >= 4 is 11.9 Å². The molecule has 0 aromatic heterocycles. The van der Waals surface area contributed by atoms with Crippen LogP contribution in [0.5, 0.6) is 0 Å².